The molecule has 1 aliphatic rings. The molecule has 0 unspecified atom stereocenters. The van der Waals surface area contributed by atoms with Crippen LogP contribution in [-0.2, 0) is 4.74 Å². The van der Waals surface area contributed by atoms with Gasteiger partial charge < -0.3 is 9.84 Å². The molecule has 0 spiro atoms. The fraction of sp³-hybridized carbons (Fsp3) is 0.118. The van der Waals surface area contributed by atoms with Crippen molar-refractivity contribution in [1.29, 1.82) is 0 Å². The van der Waals surface area contributed by atoms with Crippen molar-refractivity contribution in [2.75, 3.05) is 0 Å². The third-order valence-corrected chi connectivity index (χ3v) is 7.71. The molecule has 1 heterocycles. The van der Waals surface area contributed by atoms with Gasteiger partial charge in [0.05, 0.1) is 16.7 Å². The Balaban J connectivity index is 2.09. The minimum Gasteiger partial charge on any atom is -0.478 e. The molecular weight excluding hydrogens is 312 g/mol. The van der Waals surface area contributed by atoms with E-state index in [9.17, 15) is 14.4 Å². The summed E-state index contributed by atoms with van der Waals surface area (Å²) >= 11 is 0. The molecule has 0 saturated heterocycles. The molecule has 1 N–H and O–H groups in total. The molecule has 0 atom stereocenters. The molecule has 0 radical (unpaired) electrons. The Bertz CT molecular complexity index is 854. The zero-order valence-corrected chi connectivity index (χ0v) is 13.6. The number of hydrogen-bond acceptors (Lipinski definition) is 4. The van der Waals surface area contributed by atoms with Crippen molar-refractivity contribution in [2.24, 2.45) is 0 Å². The lowest BCUT2D eigenvalue weighted by molar-refractivity contribution is 0.0443. The van der Waals surface area contributed by atoms with Crippen LogP contribution in [-0.4, -0.2) is 31.1 Å². The first-order chi connectivity index (χ1) is 10.8. The van der Waals surface area contributed by atoms with Crippen LogP contribution in [0.15, 0.2) is 42.5 Å². The molecule has 0 fully saturated rings. The van der Waals surface area contributed by atoms with E-state index in [1.54, 1.807) is 30.3 Å². The van der Waals surface area contributed by atoms with E-state index in [-0.39, 0.29) is 16.7 Å². The van der Waals surface area contributed by atoms with Gasteiger partial charge in [0.1, 0.15) is 8.07 Å². The number of rotatable bonds is 3. The van der Waals surface area contributed by atoms with E-state index < -0.39 is 26.0 Å². The van der Waals surface area contributed by atoms with Crippen molar-refractivity contribution < 1.29 is 24.2 Å². The molecule has 3 rings (SSSR count). The lowest BCUT2D eigenvalue weighted by Crippen LogP contribution is -2.53. The van der Waals surface area contributed by atoms with E-state index in [0.29, 0.717) is 0 Å². The quantitative estimate of drug-likeness (QED) is 0.525. The van der Waals surface area contributed by atoms with Gasteiger partial charge in [0.15, 0.2) is 0 Å². The molecule has 0 bridgehead atoms. The predicted octanol–water partition coefficient (Wildman–Crippen LogP) is 1.52. The van der Waals surface area contributed by atoms with E-state index >= 15 is 0 Å². The number of ether oxygens (including phenoxy) is 1. The summed E-state index contributed by atoms with van der Waals surface area (Å²) in [5.41, 5.74) is 0.795. The highest BCUT2D eigenvalue weighted by Gasteiger charge is 2.33. The van der Waals surface area contributed by atoms with Crippen LogP contribution in [0.1, 0.15) is 31.1 Å². The van der Waals surface area contributed by atoms with Gasteiger partial charge in [0.2, 0.25) is 0 Å². The highest BCUT2D eigenvalue weighted by molar-refractivity contribution is 7.00. The van der Waals surface area contributed by atoms with Crippen LogP contribution in [0.2, 0.25) is 13.1 Å². The maximum Gasteiger partial charge on any atom is 0.346 e. The van der Waals surface area contributed by atoms with Gasteiger partial charge in [-0.3, -0.25) is 0 Å². The van der Waals surface area contributed by atoms with Crippen molar-refractivity contribution in [1.82, 2.24) is 0 Å². The fourth-order valence-corrected chi connectivity index (χ4v) is 5.05. The van der Waals surface area contributed by atoms with Crippen LogP contribution in [0.25, 0.3) is 0 Å². The van der Waals surface area contributed by atoms with Gasteiger partial charge >= 0.3 is 17.9 Å². The minimum absolute atomic E-state index is 0.235. The zero-order valence-electron chi connectivity index (χ0n) is 12.6. The number of aromatic carboxylic acids is 1. The average Bonchev–Trinajstić information content (AvgIpc) is 2.81. The van der Waals surface area contributed by atoms with Crippen LogP contribution >= 0.6 is 0 Å². The molecule has 0 saturated carbocycles. The van der Waals surface area contributed by atoms with E-state index in [4.69, 9.17) is 5.11 Å². The number of hydrogen-bond donors (Lipinski definition) is 1. The number of benzene rings is 2. The zero-order chi connectivity index (χ0) is 16.8. The number of fused-ring (bicyclic) bond motifs is 1. The van der Waals surface area contributed by atoms with Crippen LogP contribution in [0.3, 0.4) is 0 Å². The van der Waals surface area contributed by atoms with Gasteiger partial charge in [-0.15, -0.1) is 0 Å². The summed E-state index contributed by atoms with van der Waals surface area (Å²) in [7, 11) is -2.21. The Morgan fingerprint density at radius 1 is 0.957 bits per heavy atom. The first-order valence-electron chi connectivity index (χ1n) is 7.05. The molecular formula is C17H14O5Si. The Hall–Kier alpha value is -2.73. The Labute approximate surface area is 133 Å². The lowest BCUT2D eigenvalue weighted by atomic mass is 10.1. The monoisotopic (exact) mass is 326 g/mol. The molecule has 5 nitrogen and oxygen atoms in total. The Morgan fingerprint density at radius 2 is 1.61 bits per heavy atom. The third-order valence-electron chi connectivity index (χ3n) is 4.20. The SMILES string of the molecule is C[Si](C)(c1cccc(C(=O)O)c1)c1ccc2c(c1)C(=O)OC2=O. The topological polar surface area (TPSA) is 80.7 Å². The largest absolute Gasteiger partial charge is 0.478 e. The second-order valence-electron chi connectivity index (χ2n) is 5.95. The second kappa shape index (κ2) is 5.17. The lowest BCUT2D eigenvalue weighted by Gasteiger charge is -2.24. The molecule has 2 aromatic carbocycles. The summed E-state index contributed by atoms with van der Waals surface area (Å²) < 4.78 is 4.62. The summed E-state index contributed by atoms with van der Waals surface area (Å²) in [5, 5.41) is 11.0. The van der Waals surface area contributed by atoms with Crippen molar-refractivity contribution in [3.05, 3.63) is 59.2 Å². The van der Waals surface area contributed by atoms with E-state index in [2.05, 4.69) is 17.8 Å². The Kier molecular flexibility index (Phi) is 3.41. The first kappa shape index (κ1) is 15.2. The number of carbonyl (C=O) groups is 3. The second-order valence-corrected chi connectivity index (χ2v) is 10.4. The molecule has 116 valence electrons. The Morgan fingerprint density at radius 3 is 2.30 bits per heavy atom. The molecule has 6 heteroatoms. The van der Waals surface area contributed by atoms with Crippen molar-refractivity contribution >= 4 is 36.4 Å². The molecule has 2 aromatic rings. The van der Waals surface area contributed by atoms with E-state index in [0.717, 1.165) is 10.4 Å². The summed E-state index contributed by atoms with van der Waals surface area (Å²) in [5.74, 6) is -2.22. The van der Waals surface area contributed by atoms with Crippen molar-refractivity contribution in [3.8, 4) is 0 Å². The van der Waals surface area contributed by atoms with Crippen LogP contribution in [0, 0.1) is 0 Å². The van der Waals surface area contributed by atoms with Crippen LogP contribution < -0.4 is 10.4 Å². The maximum atomic E-state index is 11.7. The number of carboxylic acid groups (broad SMARTS) is 1. The molecule has 0 aromatic heterocycles. The van der Waals surface area contributed by atoms with Crippen LogP contribution in [0.5, 0.6) is 0 Å². The molecule has 1 aliphatic heterocycles. The van der Waals surface area contributed by atoms with Gasteiger partial charge in [-0.25, -0.2) is 14.4 Å². The molecule has 0 aliphatic carbocycles. The van der Waals surface area contributed by atoms with Gasteiger partial charge in [0.25, 0.3) is 0 Å². The number of cyclic esters (lactones) is 2. The van der Waals surface area contributed by atoms with Gasteiger partial charge in [-0.05, 0) is 24.3 Å². The van der Waals surface area contributed by atoms with Gasteiger partial charge in [-0.2, -0.15) is 0 Å². The smallest absolute Gasteiger partial charge is 0.346 e. The number of carboxylic acids is 1. The van der Waals surface area contributed by atoms with E-state index in [1.807, 2.05) is 12.1 Å². The average molecular weight is 326 g/mol. The van der Waals surface area contributed by atoms with E-state index in [1.165, 1.54) is 0 Å². The highest BCUT2D eigenvalue weighted by atomic mass is 28.3. The summed E-state index contributed by atoms with van der Waals surface area (Å²) in [4.78, 5) is 34.4. The fourth-order valence-electron chi connectivity index (χ4n) is 2.68. The van der Waals surface area contributed by atoms with Crippen molar-refractivity contribution in [3.63, 3.8) is 0 Å². The number of carbonyl (C=O) groups excluding carboxylic acids is 2. The maximum absolute atomic E-state index is 11.7. The van der Waals surface area contributed by atoms with Crippen molar-refractivity contribution in [2.45, 2.75) is 13.1 Å². The van der Waals surface area contributed by atoms with Gasteiger partial charge in [-0.1, -0.05) is 41.7 Å². The summed E-state index contributed by atoms with van der Waals surface area (Å²) in [6.45, 7) is 4.13. The predicted molar refractivity (Wildman–Crippen MR) is 86.3 cm³/mol. The summed E-state index contributed by atoms with van der Waals surface area (Å²) in [6, 6.07) is 12.0. The molecule has 23 heavy (non-hydrogen) atoms. The van der Waals surface area contributed by atoms with Crippen LogP contribution in [0.4, 0.5) is 0 Å². The first-order valence-corrected chi connectivity index (χ1v) is 10.1. The van der Waals surface area contributed by atoms with Gasteiger partial charge in [0, 0.05) is 0 Å². The highest BCUT2D eigenvalue weighted by Crippen LogP contribution is 2.20. The number of esters is 2. The normalized spacial score (nSPS) is 13.7. The summed E-state index contributed by atoms with van der Waals surface area (Å²) in [6.07, 6.45) is 0. The third kappa shape index (κ3) is 2.47. The standard InChI is InChI=1S/C17H14O5Si/c1-23(2,11-5-3-4-10(8-11)15(18)19)12-6-7-13-14(9-12)17(21)22-16(13)20/h3-9H,1-2H3,(H,18,19). The molecule has 0 amide bonds. The minimum atomic E-state index is -2.21.